The van der Waals surface area contributed by atoms with Crippen LogP contribution >= 0.6 is 0 Å². The monoisotopic (exact) mass is 366 g/mol. The van der Waals surface area contributed by atoms with Crippen molar-refractivity contribution in [1.82, 2.24) is 0 Å². The molecule has 2 nitrogen and oxygen atoms in total. The molecule has 1 aliphatic carbocycles. The van der Waals surface area contributed by atoms with E-state index in [0.29, 0.717) is 9.71 Å². The summed E-state index contributed by atoms with van der Waals surface area (Å²) in [5.74, 6) is 0. The SMILES string of the molecule is O=S(=O)(c1ccccc1)[C@@H]1CCC[C@H]1[Se]c1ccccc1. The average Bonchev–Trinajstić information content (AvgIpc) is 2.98. The van der Waals surface area contributed by atoms with Crippen molar-refractivity contribution in [1.29, 1.82) is 0 Å². The van der Waals surface area contributed by atoms with Gasteiger partial charge in [-0.25, -0.2) is 0 Å². The molecular weight excluding hydrogens is 347 g/mol. The van der Waals surface area contributed by atoms with Gasteiger partial charge in [0.1, 0.15) is 0 Å². The minimum absolute atomic E-state index is 0.208. The van der Waals surface area contributed by atoms with E-state index in [0.717, 1.165) is 19.3 Å². The summed E-state index contributed by atoms with van der Waals surface area (Å²) < 4.78 is 27.0. The molecule has 0 bridgehead atoms. The molecule has 0 N–H and O–H groups in total. The molecule has 0 radical (unpaired) electrons. The first-order valence-electron chi connectivity index (χ1n) is 7.18. The van der Waals surface area contributed by atoms with Crippen LogP contribution in [0.1, 0.15) is 19.3 Å². The first-order chi connectivity index (χ1) is 10.2. The van der Waals surface area contributed by atoms with Gasteiger partial charge in [-0.1, -0.05) is 0 Å². The van der Waals surface area contributed by atoms with Gasteiger partial charge in [-0.2, -0.15) is 0 Å². The van der Waals surface area contributed by atoms with E-state index in [4.69, 9.17) is 0 Å². The van der Waals surface area contributed by atoms with Gasteiger partial charge in [0.25, 0.3) is 0 Å². The molecule has 110 valence electrons. The molecule has 1 saturated carbocycles. The first kappa shape index (κ1) is 14.8. The molecule has 2 aromatic rings. The van der Waals surface area contributed by atoms with Gasteiger partial charge in [0.15, 0.2) is 0 Å². The Bertz CT molecular complexity index is 683. The van der Waals surface area contributed by atoms with Gasteiger partial charge in [-0.3, -0.25) is 0 Å². The fraction of sp³-hybridized carbons (Fsp3) is 0.294. The second-order valence-electron chi connectivity index (χ2n) is 5.30. The van der Waals surface area contributed by atoms with Crippen molar-refractivity contribution >= 4 is 29.3 Å². The maximum atomic E-state index is 12.8. The summed E-state index contributed by atoms with van der Waals surface area (Å²) in [6, 6.07) is 19.2. The Morgan fingerprint density at radius 2 is 1.48 bits per heavy atom. The van der Waals surface area contributed by atoms with Crippen molar-refractivity contribution in [3.8, 4) is 0 Å². The third-order valence-corrected chi connectivity index (χ3v) is 9.53. The first-order valence-corrected chi connectivity index (χ1v) is 10.6. The van der Waals surface area contributed by atoms with E-state index in [1.807, 2.05) is 24.3 Å². The summed E-state index contributed by atoms with van der Waals surface area (Å²) in [7, 11) is -3.19. The van der Waals surface area contributed by atoms with Gasteiger partial charge in [0.05, 0.1) is 0 Å². The molecule has 1 aliphatic rings. The normalized spacial score (nSPS) is 22.3. The van der Waals surface area contributed by atoms with E-state index in [1.165, 1.54) is 4.46 Å². The van der Waals surface area contributed by atoms with E-state index in [2.05, 4.69) is 12.1 Å². The predicted octanol–water partition coefficient (Wildman–Crippen LogP) is 2.83. The van der Waals surface area contributed by atoms with Crippen molar-refractivity contribution in [3.63, 3.8) is 0 Å². The zero-order valence-electron chi connectivity index (χ0n) is 11.7. The minimum atomic E-state index is -3.19. The third-order valence-electron chi connectivity index (χ3n) is 3.89. The third kappa shape index (κ3) is 3.23. The number of rotatable bonds is 4. The summed E-state index contributed by atoms with van der Waals surface area (Å²) in [4.78, 5) is 0.774. The zero-order chi connectivity index (χ0) is 14.7. The van der Waals surface area contributed by atoms with Gasteiger partial charge in [0.2, 0.25) is 0 Å². The number of hydrogen-bond donors (Lipinski definition) is 0. The molecule has 1 fully saturated rings. The fourth-order valence-corrected chi connectivity index (χ4v) is 8.54. The molecule has 0 heterocycles. The molecule has 2 aromatic carbocycles. The van der Waals surface area contributed by atoms with Crippen molar-refractivity contribution < 1.29 is 8.42 Å². The molecule has 0 unspecified atom stereocenters. The number of benzene rings is 2. The van der Waals surface area contributed by atoms with Crippen LogP contribution in [0.15, 0.2) is 65.6 Å². The fourth-order valence-electron chi connectivity index (χ4n) is 2.84. The molecule has 0 amide bonds. The molecule has 0 spiro atoms. The van der Waals surface area contributed by atoms with Crippen LogP contribution in [0.4, 0.5) is 0 Å². The Kier molecular flexibility index (Phi) is 4.48. The van der Waals surface area contributed by atoms with E-state index >= 15 is 0 Å². The van der Waals surface area contributed by atoms with E-state index in [9.17, 15) is 8.42 Å². The molecule has 2 atom stereocenters. The Balaban J connectivity index is 1.84. The second-order valence-corrected chi connectivity index (χ2v) is 10.2. The Morgan fingerprint density at radius 1 is 0.857 bits per heavy atom. The van der Waals surface area contributed by atoms with Crippen molar-refractivity contribution in [2.75, 3.05) is 0 Å². The summed E-state index contributed by atoms with van der Waals surface area (Å²) in [6.45, 7) is 0. The number of sulfone groups is 1. The average molecular weight is 365 g/mol. The van der Waals surface area contributed by atoms with Crippen LogP contribution in [0.3, 0.4) is 0 Å². The van der Waals surface area contributed by atoms with Crippen LogP contribution in [0, 0.1) is 0 Å². The van der Waals surface area contributed by atoms with Crippen molar-refractivity contribution in [3.05, 3.63) is 60.7 Å². The molecule has 3 rings (SSSR count). The zero-order valence-corrected chi connectivity index (χ0v) is 14.2. The van der Waals surface area contributed by atoms with Crippen LogP contribution in [-0.2, 0) is 9.84 Å². The van der Waals surface area contributed by atoms with Gasteiger partial charge in [-0.05, 0) is 0 Å². The van der Waals surface area contributed by atoms with E-state index in [-0.39, 0.29) is 20.2 Å². The van der Waals surface area contributed by atoms with Gasteiger partial charge < -0.3 is 0 Å². The van der Waals surface area contributed by atoms with Crippen molar-refractivity contribution in [2.24, 2.45) is 0 Å². The Labute approximate surface area is 132 Å². The van der Waals surface area contributed by atoms with E-state index in [1.54, 1.807) is 24.3 Å². The Morgan fingerprint density at radius 3 is 2.14 bits per heavy atom. The summed E-state index contributed by atoms with van der Waals surface area (Å²) in [5.41, 5.74) is 0. The summed E-state index contributed by atoms with van der Waals surface area (Å²) >= 11 is 0.226. The molecule has 0 aliphatic heterocycles. The summed E-state index contributed by atoms with van der Waals surface area (Å²) in [6.07, 6.45) is 2.86. The van der Waals surface area contributed by atoms with Crippen molar-refractivity contribution in [2.45, 2.75) is 34.2 Å². The van der Waals surface area contributed by atoms with Gasteiger partial charge >= 0.3 is 133 Å². The topological polar surface area (TPSA) is 34.1 Å². The summed E-state index contributed by atoms with van der Waals surface area (Å²) in [5, 5.41) is -0.208. The Hall–Kier alpha value is -1.09. The van der Waals surface area contributed by atoms with Gasteiger partial charge in [0, 0.05) is 0 Å². The van der Waals surface area contributed by atoms with Crippen LogP contribution in [0.5, 0.6) is 0 Å². The second kappa shape index (κ2) is 6.35. The molecule has 0 saturated heterocycles. The molecular formula is C17H18O2SSe. The van der Waals surface area contributed by atoms with E-state index < -0.39 is 9.84 Å². The van der Waals surface area contributed by atoms with Crippen LogP contribution in [0.25, 0.3) is 0 Å². The molecule has 21 heavy (non-hydrogen) atoms. The predicted molar refractivity (Wildman–Crippen MR) is 86.8 cm³/mol. The van der Waals surface area contributed by atoms with Crippen LogP contribution in [-0.4, -0.2) is 28.6 Å². The van der Waals surface area contributed by atoms with Crippen LogP contribution in [0.2, 0.25) is 4.82 Å². The van der Waals surface area contributed by atoms with Gasteiger partial charge in [-0.15, -0.1) is 0 Å². The quantitative estimate of drug-likeness (QED) is 0.781. The number of hydrogen-bond acceptors (Lipinski definition) is 2. The molecule has 0 aromatic heterocycles. The standard InChI is InChI=1S/C17H18O2SSe/c18-20(19,14-8-3-1-4-9-14)16-12-7-13-17(16)21-15-10-5-2-6-11-15/h1-6,8-11,16-17H,7,12-13H2/t16-,17-/m1/s1. The van der Waals surface area contributed by atoms with Crippen LogP contribution < -0.4 is 4.46 Å². The maximum absolute atomic E-state index is 12.8. The molecule has 4 heteroatoms.